The van der Waals surface area contributed by atoms with E-state index in [1.54, 1.807) is 14.2 Å². The lowest BCUT2D eigenvalue weighted by Crippen LogP contribution is -2.16. The van der Waals surface area contributed by atoms with Crippen molar-refractivity contribution >= 4 is 17.1 Å². The maximum absolute atomic E-state index is 6.69. The van der Waals surface area contributed by atoms with Crippen LogP contribution in [0.15, 0.2) is 47.7 Å². The molecule has 6 heteroatoms. The van der Waals surface area contributed by atoms with Gasteiger partial charge in [0.05, 0.1) is 31.6 Å². The molecular formula is C24H34N4O2. The number of hydrogen-bond donors (Lipinski definition) is 4. The van der Waals surface area contributed by atoms with Crippen LogP contribution in [0.5, 0.6) is 11.5 Å². The van der Waals surface area contributed by atoms with E-state index < -0.39 is 0 Å². The summed E-state index contributed by atoms with van der Waals surface area (Å²) in [6.07, 6.45) is 5.28. The zero-order valence-electron chi connectivity index (χ0n) is 18.3. The van der Waals surface area contributed by atoms with Gasteiger partial charge in [0.25, 0.3) is 0 Å². The van der Waals surface area contributed by atoms with Crippen molar-refractivity contribution in [2.75, 3.05) is 37.1 Å². The second-order valence-electron chi connectivity index (χ2n) is 7.69. The lowest BCUT2D eigenvalue weighted by atomic mass is 9.97. The molecule has 6 N–H and O–H groups in total. The van der Waals surface area contributed by atoms with E-state index >= 15 is 0 Å². The summed E-state index contributed by atoms with van der Waals surface area (Å²) in [6, 6.07) is 11.6. The predicted molar refractivity (Wildman–Crippen MR) is 125 cm³/mol. The Morgan fingerprint density at radius 2 is 1.77 bits per heavy atom. The van der Waals surface area contributed by atoms with E-state index in [4.69, 9.17) is 20.9 Å². The highest BCUT2D eigenvalue weighted by molar-refractivity contribution is 5.73. The van der Waals surface area contributed by atoms with Crippen molar-refractivity contribution in [3.63, 3.8) is 0 Å². The Labute approximate surface area is 179 Å². The third-order valence-corrected chi connectivity index (χ3v) is 5.57. The summed E-state index contributed by atoms with van der Waals surface area (Å²) in [4.78, 5) is 0. The topological polar surface area (TPSA) is 94.6 Å². The molecule has 0 amide bonds. The van der Waals surface area contributed by atoms with E-state index in [1.807, 2.05) is 30.3 Å². The van der Waals surface area contributed by atoms with E-state index in [2.05, 4.69) is 23.6 Å². The Morgan fingerprint density at radius 3 is 2.43 bits per heavy atom. The number of allylic oxidation sites excluding steroid dienone is 1. The fraction of sp³-hybridized carbons (Fsp3) is 0.417. The van der Waals surface area contributed by atoms with Gasteiger partial charge in [0.2, 0.25) is 0 Å². The molecule has 6 nitrogen and oxygen atoms in total. The Kier molecular flexibility index (Phi) is 7.46. The number of methoxy groups -OCH3 is 2. The summed E-state index contributed by atoms with van der Waals surface area (Å²) in [5.74, 6) is 1.48. The SMILES string of the molecule is CCCCNc1ccc(N)c(NC2=C(C(N)c3cc(OC)cc(OC)c3)CCC2)c1. The number of nitrogens with one attached hydrogen (secondary N) is 2. The van der Waals surface area contributed by atoms with Crippen LogP contribution >= 0.6 is 0 Å². The minimum Gasteiger partial charge on any atom is -0.497 e. The molecule has 3 rings (SSSR count). The lowest BCUT2D eigenvalue weighted by Gasteiger charge is -2.20. The normalized spacial score (nSPS) is 14.5. The van der Waals surface area contributed by atoms with Crippen molar-refractivity contribution in [1.29, 1.82) is 0 Å². The van der Waals surface area contributed by atoms with Gasteiger partial charge in [-0.05, 0) is 67.2 Å². The van der Waals surface area contributed by atoms with Crippen molar-refractivity contribution in [2.24, 2.45) is 5.73 Å². The van der Waals surface area contributed by atoms with Crippen molar-refractivity contribution in [3.8, 4) is 11.5 Å². The standard InChI is InChI=1S/C24H34N4O2/c1-4-5-11-27-17-9-10-21(25)23(14-17)28-22-8-6-7-20(22)24(26)16-12-18(29-2)15-19(13-16)30-3/h9-10,12-15,24,27-28H,4-8,11,25-26H2,1-3H3. The third kappa shape index (κ3) is 5.19. The number of benzene rings is 2. The molecule has 162 valence electrons. The third-order valence-electron chi connectivity index (χ3n) is 5.57. The van der Waals surface area contributed by atoms with Crippen LogP contribution in [0.1, 0.15) is 50.6 Å². The molecule has 0 spiro atoms. The summed E-state index contributed by atoms with van der Waals surface area (Å²) < 4.78 is 10.8. The number of hydrogen-bond acceptors (Lipinski definition) is 6. The molecule has 30 heavy (non-hydrogen) atoms. The number of ether oxygens (including phenoxy) is 2. The number of anilines is 3. The highest BCUT2D eigenvalue weighted by Gasteiger charge is 2.23. The Hall–Kier alpha value is -2.86. The molecule has 2 aromatic rings. The average molecular weight is 411 g/mol. The van der Waals surface area contributed by atoms with Gasteiger partial charge in [0.15, 0.2) is 0 Å². The molecule has 1 aliphatic rings. The first kappa shape index (κ1) is 21.8. The van der Waals surface area contributed by atoms with Crippen molar-refractivity contribution in [2.45, 2.75) is 45.1 Å². The Balaban J connectivity index is 1.84. The minimum absolute atomic E-state index is 0.230. The highest BCUT2D eigenvalue weighted by Crippen LogP contribution is 2.38. The monoisotopic (exact) mass is 410 g/mol. The number of rotatable bonds is 10. The second-order valence-corrected chi connectivity index (χ2v) is 7.69. The first-order valence-corrected chi connectivity index (χ1v) is 10.7. The van der Waals surface area contributed by atoms with E-state index in [0.29, 0.717) is 0 Å². The molecule has 0 bridgehead atoms. The quantitative estimate of drug-likeness (QED) is 0.323. The minimum atomic E-state index is -0.230. The van der Waals surface area contributed by atoms with Crippen LogP contribution in [-0.4, -0.2) is 20.8 Å². The largest absolute Gasteiger partial charge is 0.497 e. The van der Waals surface area contributed by atoms with Gasteiger partial charge < -0.3 is 31.6 Å². The van der Waals surface area contributed by atoms with Crippen LogP contribution in [-0.2, 0) is 0 Å². The molecular weight excluding hydrogens is 376 g/mol. The molecule has 0 saturated heterocycles. The van der Waals surface area contributed by atoms with Crippen LogP contribution in [0.2, 0.25) is 0 Å². The Morgan fingerprint density at radius 1 is 1.03 bits per heavy atom. The molecule has 0 heterocycles. The zero-order chi connectivity index (χ0) is 21.5. The molecule has 0 fully saturated rings. The number of unbranched alkanes of at least 4 members (excludes halogenated alkanes) is 1. The van der Waals surface area contributed by atoms with Crippen molar-refractivity contribution in [3.05, 3.63) is 53.2 Å². The predicted octanol–water partition coefficient (Wildman–Crippen LogP) is 5.05. The first-order valence-electron chi connectivity index (χ1n) is 10.7. The molecule has 2 aromatic carbocycles. The fourth-order valence-electron chi connectivity index (χ4n) is 3.81. The first-order chi connectivity index (χ1) is 14.5. The average Bonchev–Trinajstić information content (AvgIpc) is 3.23. The molecule has 1 unspecified atom stereocenters. The van der Waals surface area contributed by atoms with Crippen LogP contribution in [0, 0.1) is 0 Å². The van der Waals surface area contributed by atoms with Crippen LogP contribution in [0.25, 0.3) is 0 Å². The summed E-state index contributed by atoms with van der Waals surface area (Å²) in [5, 5.41) is 7.03. The summed E-state index contributed by atoms with van der Waals surface area (Å²) in [6.45, 7) is 3.14. The molecule has 0 aliphatic heterocycles. The molecule has 0 radical (unpaired) electrons. The lowest BCUT2D eigenvalue weighted by molar-refractivity contribution is 0.393. The van der Waals surface area contributed by atoms with E-state index in [0.717, 1.165) is 78.5 Å². The van der Waals surface area contributed by atoms with Crippen LogP contribution in [0.3, 0.4) is 0 Å². The summed E-state index contributed by atoms with van der Waals surface area (Å²) in [5.41, 5.74) is 19.0. The van der Waals surface area contributed by atoms with Crippen LogP contribution in [0.4, 0.5) is 17.1 Å². The smallest absolute Gasteiger partial charge is 0.122 e. The van der Waals surface area contributed by atoms with Gasteiger partial charge in [-0.1, -0.05) is 13.3 Å². The number of nitrogens with two attached hydrogens (primary N) is 2. The highest BCUT2D eigenvalue weighted by atomic mass is 16.5. The van der Waals surface area contributed by atoms with Gasteiger partial charge in [-0.25, -0.2) is 0 Å². The maximum Gasteiger partial charge on any atom is 0.122 e. The summed E-state index contributed by atoms with van der Waals surface area (Å²) in [7, 11) is 3.30. The van der Waals surface area contributed by atoms with E-state index in [-0.39, 0.29) is 6.04 Å². The van der Waals surface area contributed by atoms with Crippen molar-refractivity contribution in [1.82, 2.24) is 0 Å². The molecule has 0 saturated carbocycles. The van der Waals surface area contributed by atoms with Gasteiger partial charge in [0.1, 0.15) is 11.5 Å². The van der Waals surface area contributed by atoms with Gasteiger partial charge in [0, 0.05) is 24.0 Å². The van der Waals surface area contributed by atoms with Crippen LogP contribution < -0.4 is 31.6 Å². The second kappa shape index (κ2) is 10.3. The Bertz CT molecular complexity index is 873. The number of nitrogen functional groups attached to an aromatic ring is 1. The van der Waals surface area contributed by atoms with Crippen molar-refractivity contribution < 1.29 is 9.47 Å². The zero-order valence-corrected chi connectivity index (χ0v) is 18.3. The maximum atomic E-state index is 6.69. The van der Waals surface area contributed by atoms with Gasteiger partial charge in [-0.15, -0.1) is 0 Å². The van der Waals surface area contributed by atoms with Gasteiger partial charge in [-0.3, -0.25) is 0 Å². The summed E-state index contributed by atoms with van der Waals surface area (Å²) >= 11 is 0. The van der Waals surface area contributed by atoms with Gasteiger partial charge >= 0.3 is 0 Å². The molecule has 0 aromatic heterocycles. The molecule has 1 aliphatic carbocycles. The molecule has 1 atom stereocenters. The van der Waals surface area contributed by atoms with Gasteiger partial charge in [-0.2, -0.15) is 0 Å². The fourth-order valence-corrected chi connectivity index (χ4v) is 3.81. The van der Waals surface area contributed by atoms with E-state index in [1.165, 1.54) is 5.57 Å². The van der Waals surface area contributed by atoms with E-state index in [9.17, 15) is 0 Å².